The van der Waals surface area contributed by atoms with E-state index >= 15 is 0 Å². The Balaban J connectivity index is 1.17. The maximum absolute atomic E-state index is 13.9. The predicted molar refractivity (Wildman–Crippen MR) is 170 cm³/mol. The Morgan fingerprint density at radius 2 is 1.80 bits per heavy atom. The Morgan fingerprint density at radius 3 is 2.46 bits per heavy atom. The third-order valence-electron chi connectivity index (χ3n) is 8.36. The minimum atomic E-state index is -0.105. The molecule has 2 aliphatic rings. The van der Waals surface area contributed by atoms with E-state index in [-0.39, 0.29) is 30.0 Å². The summed E-state index contributed by atoms with van der Waals surface area (Å²) in [6.07, 6.45) is 10.8. The topological polar surface area (TPSA) is 148 Å². The molecule has 236 valence electrons. The van der Waals surface area contributed by atoms with Crippen molar-refractivity contribution in [3.63, 3.8) is 0 Å². The number of anilines is 2. The van der Waals surface area contributed by atoms with Crippen molar-refractivity contribution in [3.05, 3.63) is 77.9 Å². The molecular weight excluding hydrogens is 584 g/mol. The highest BCUT2D eigenvalue weighted by molar-refractivity contribution is 5.93. The molecule has 0 radical (unpaired) electrons. The molecule has 0 spiro atoms. The van der Waals surface area contributed by atoms with E-state index in [1.54, 1.807) is 18.6 Å². The summed E-state index contributed by atoms with van der Waals surface area (Å²) in [5.74, 6) is 1.37. The summed E-state index contributed by atoms with van der Waals surface area (Å²) in [4.78, 5) is 37.9. The minimum absolute atomic E-state index is 0.0113. The van der Waals surface area contributed by atoms with Gasteiger partial charge in [0.25, 0.3) is 0 Å². The molecule has 46 heavy (non-hydrogen) atoms. The van der Waals surface area contributed by atoms with Crippen LogP contribution in [-0.4, -0.2) is 69.3 Å². The van der Waals surface area contributed by atoms with E-state index in [0.29, 0.717) is 49.4 Å². The molecule has 12 heteroatoms. The van der Waals surface area contributed by atoms with Crippen LogP contribution in [0.5, 0.6) is 11.9 Å². The van der Waals surface area contributed by atoms with Gasteiger partial charge in [0, 0.05) is 48.2 Å². The quantitative estimate of drug-likeness (QED) is 0.249. The molecule has 0 bridgehead atoms. The fourth-order valence-corrected chi connectivity index (χ4v) is 5.77. The number of aromatic nitrogens is 5. The van der Waals surface area contributed by atoms with Crippen LogP contribution in [0.1, 0.15) is 48.8 Å². The predicted octanol–water partition coefficient (Wildman–Crippen LogP) is 4.68. The fourth-order valence-electron chi connectivity index (χ4n) is 5.77. The number of hydrogen-bond donors (Lipinski definition) is 1. The molecule has 1 N–H and O–H groups in total. The molecule has 1 aliphatic carbocycles. The zero-order valence-corrected chi connectivity index (χ0v) is 25.9. The van der Waals surface area contributed by atoms with Crippen LogP contribution in [0.15, 0.2) is 61.2 Å². The Labute approximate surface area is 267 Å². The molecule has 3 aromatic heterocycles. The lowest BCUT2D eigenvalue weighted by atomic mass is 9.89. The summed E-state index contributed by atoms with van der Waals surface area (Å²) in [7, 11) is 1.53. The molecule has 1 aliphatic heterocycles. The highest BCUT2D eigenvalue weighted by Gasteiger charge is 2.31. The van der Waals surface area contributed by atoms with Gasteiger partial charge in [-0.1, -0.05) is 30.3 Å². The lowest BCUT2D eigenvalue weighted by Gasteiger charge is -2.37. The van der Waals surface area contributed by atoms with Crippen molar-refractivity contribution in [2.75, 3.05) is 30.5 Å². The highest BCUT2D eigenvalue weighted by Crippen LogP contribution is 2.32. The summed E-state index contributed by atoms with van der Waals surface area (Å²) >= 11 is 0. The van der Waals surface area contributed by atoms with E-state index in [1.807, 2.05) is 48.2 Å². The number of nitrogens with zero attached hydrogens (tertiary/aromatic N) is 7. The van der Waals surface area contributed by atoms with Crippen molar-refractivity contribution in [3.8, 4) is 29.1 Å². The van der Waals surface area contributed by atoms with Crippen LogP contribution in [0.2, 0.25) is 0 Å². The van der Waals surface area contributed by atoms with Gasteiger partial charge in [-0.2, -0.15) is 10.2 Å². The molecule has 2 fully saturated rings. The van der Waals surface area contributed by atoms with Crippen molar-refractivity contribution < 1.29 is 19.0 Å². The maximum Gasteiger partial charge on any atom is 0.316 e. The van der Waals surface area contributed by atoms with Crippen molar-refractivity contribution in [1.82, 2.24) is 24.9 Å². The van der Waals surface area contributed by atoms with Gasteiger partial charge in [0.1, 0.15) is 23.6 Å². The molecule has 6 rings (SSSR count). The Hall–Kier alpha value is -5.15. The maximum atomic E-state index is 13.9. The molecule has 1 saturated carbocycles. The van der Waals surface area contributed by atoms with Gasteiger partial charge in [0.15, 0.2) is 0 Å². The third kappa shape index (κ3) is 7.21. The third-order valence-corrected chi connectivity index (χ3v) is 8.36. The van der Waals surface area contributed by atoms with Gasteiger partial charge in [-0.05, 0) is 56.2 Å². The standard InChI is InChI=1S/C34H36N8O4/c1-22-14-30(36-19-29(22)25-17-38-34(44-2)39-18-25)42(31(43)13-8-23-6-4-3-5-7-23)27-11-9-26(10-12-27)40-33-37-16-24(15-35)32(41-33)46-28-20-45-21-28/h3-7,14,16-19,26-28H,8-13,20-21H2,1-2H3,(H,37,40,41). The number of carbonyl (C=O) groups excluding carboxylic acids is 1. The van der Waals surface area contributed by atoms with Crippen LogP contribution in [0.3, 0.4) is 0 Å². The first-order valence-electron chi connectivity index (χ1n) is 15.5. The van der Waals surface area contributed by atoms with Crippen molar-refractivity contribution in [2.24, 2.45) is 0 Å². The number of nitriles is 1. The lowest BCUT2D eigenvalue weighted by molar-refractivity contribution is -0.119. The van der Waals surface area contributed by atoms with E-state index in [4.69, 9.17) is 19.2 Å². The molecule has 1 saturated heterocycles. The number of benzene rings is 1. The first kappa shape index (κ1) is 30.9. The number of rotatable bonds is 11. The molecule has 1 aromatic carbocycles. The smallest absolute Gasteiger partial charge is 0.316 e. The number of nitrogens with one attached hydrogen (secondary N) is 1. The molecule has 12 nitrogen and oxygen atoms in total. The first-order valence-corrected chi connectivity index (χ1v) is 15.5. The number of methoxy groups -OCH3 is 1. The highest BCUT2D eigenvalue weighted by atomic mass is 16.6. The Morgan fingerprint density at radius 1 is 1.04 bits per heavy atom. The van der Waals surface area contributed by atoms with Crippen LogP contribution in [0.4, 0.5) is 11.8 Å². The number of hydrogen-bond acceptors (Lipinski definition) is 11. The number of pyridine rings is 1. The van der Waals surface area contributed by atoms with Crippen LogP contribution >= 0.6 is 0 Å². The van der Waals surface area contributed by atoms with Gasteiger partial charge in [-0.25, -0.2) is 19.9 Å². The Kier molecular flexibility index (Phi) is 9.59. The Bertz CT molecular complexity index is 1680. The average Bonchev–Trinajstić information content (AvgIpc) is 3.07. The first-order chi connectivity index (χ1) is 22.5. The lowest BCUT2D eigenvalue weighted by Crippen LogP contribution is -2.45. The molecule has 4 aromatic rings. The summed E-state index contributed by atoms with van der Waals surface area (Å²) < 4.78 is 16.1. The van der Waals surface area contributed by atoms with E-state index in [1.165, 1.54) is 13.3 Å². The number of carbonyl (C=O) groups is 1. The zero-order valence-electron chi connectivity index (χ0n) is 25.9. The van der Waals surface area contributed by atoms with E-state index in [0.717, 1.165) is 47.9 Å². The van der Waals surface area contributed by atoms with Gasteiger partial charge >= 0.3 is 6.01 Å². The summed E-state index contributed by atoms with van der Waals surface area (Å²) in [6.45, 7) is 2.97. The number of aryl methyl sites for hydroxylation is 2. The number of ether oxygens (including phenoxy) is 3. The summed E-state index contributed by atoms with van der Waals surface area (Å²) in [5.41, 5.74) is 4.11. The second kappa shape index (κ2) is 14.3. The second-order valence-corrected chi connectivity index (χ2v) is 11.5. The van der Waals surface area contributed by atoms with Gasteiger partial charge in [-0.3, -0.25) is 9.69 Å². The monoisotopic (exact) mass is 620 g/mol. The fraction of sp³-hybridized carbons (Fsp3) is 0.382. The van der Waals surface area contributed by atoms with Gasteiger partial charge in [0.2, 0.25) is 17.7 Å². The van der Waals surface area contributed by atoms with Crippen LogP contribution < -0.4 is 19.7 Å². The van der Waals surface area contributed by atoms with E-state index in [2.05, 4.69) is 31.3 Å². The number of amides is 1. The van der Waals surface area contributed by atoms with Crippen molar-refractivity contribution >= 4 is 17.7 Å². The van der Waals surface area contributed by atoms with Gasteiger partial charge in [-0.15, -0.1) is 0 Å². The molecule has 4 heterocycles. The van der Waals surface area contributed by atoms with Gasteiger partial charge < -0.3 is 19.5 Å². The minimum Gasteiger partial charge on any atom is -0.468 e. The van der Waals surface area contributed by atoms with E-state index < -0.39 is 0 Å². The van der Waals surface area contributed by atoms with Crippen molar-refractivity contribution in [1.29, 1.82) is 5.26 Å². The largest absolute Gasteiger partial charge is 0.468 e. The summed E-state index contributed by atoms with van der Waals surface area (Å²) in [5, 5.41) is 12.9. The molecule has 0 unspecified atom stereocenters. The molecule has 1 amide bonds. The molecule has 0 atom stereocenters. The molecular formula is C34H36N8O4. The van der Waals surface area contributed by atoms with Crippen molar-refractivity contribution in [2.45, 2.75) is 63.6 Å². The van der Waals surface area contributed by atoms with Crippen LogP contribution in [0, 0.1) is 18.3 Å². The van der Waals surface area contributed by atoms with E-state index in [9.17, 15) is 10.1 Å². The average molecular weight is 621 g/mol. The summed E-state index contributed by atoms with van der Waals surface area (Å²) in [6, 6.07) is 14.5. The SMILES string of the molecule is COc1ncc(-c2cnc(N(C(=O)CCc3ccccc3)C3CCC(Nc4ncc(C#N)c(OC5COC5)n4)CC3)cc2C)cn1. The van der Waals surface area contributed by atoms with Gasteiger partial charge in [0.05, 0.1) is 26.5 Å². The normalized spacial score (nSPS) is 17.8. The van der Waals surface area contributed by atoms with Crippen LogP contribution in [-0.2, 0) is 16.0 Å². The second-order valence-electron chi connectivity index (χ2n) is 11.5. The zero-order chi connectivity index (χ0) is 31.9. The van der Waals surface area contributed by atoms with Crippen LogP contribution in [0.25, 0.3) is 11.1 Å².